The smallest absolute Gasteiger partial charge is 0.248 e. The Morgan fingerprint density at radius 1 is 1.12 bits per heavy atom. The van der Waals surface area contributed by atoms with Gasteiger partial charge in [0.25, 0.3) is 0 Å². The number of nitrogens with one attached hydrogen (secondary N) is 1. The highest BCUT2D eigenvalue weighted by molar-refractivity contribution is 6.01. The van der Waals surface area contributed by atoms with Crippen LogP contribution in [0.2, 0.25) is 0 Å². The molecule has 0 aliphatic carbocycles. The van der Waals surface area contributed by atoms with Crippen LogP contribution in [-0.4, -0.2) is 31.2 Å². The Hall–Kier alpha value is -3.02. The van der Waals surface area contributed by atoms with Gasteiger partial charge in [-0.05, 0) is 43.7 Å². The summed E-state index contributed by atoms with van der Waals surface area (Å²) in [5, 5.41) is 2.73. The number of aromatic nitrogens is 1. The highest BCUT2D eigenvalue weighted by Crippen LogP contribution is 2.29. The number of amides is 1. The summed E-state index contributed by atoms with van der Waals surface area (Å²) in [5.74, 6) is 1.52. The molecule has 132 valence electrons. The summed E-state index contributed by atoms with van der Waals surface area (Å²) in [6.07, 6.45) is 4.74. The number of carbonyl (C=O) groups excluding carboxylic acids is 1. The Bertz CT molecular complexity index is 740. The molecule has 1 amide bonds. The highest BCUT2D eigenvalue weighted by Gasteiger charge is 2.07. The van der Waals surface area contributed by atoms with E-state index in [1.807, 2.05) is 32.0 Å². The summed E-state index contributed by atoms with van der Waals surface area (Å²) in [4.78, 5) is 16.0. The van der Waals surface area contributed by atoms with Crippen LogP contribution >= 0.6 is 0 Å². The van der Waals surface area contributed by atoms with Crippen LogP contribution in [0.4, 0.5) is 5.69 Å². The fraction of sp³-hybridized carbons (Fsp3) is 0.263. The maximum Gasteiger partial charge on any atom is 0.248 e. The number of hydrogen-bond donors (Lipinski definition) is 1. The number of hydrogen-bond acceptors (Lipinski definition) is 5. The maximum atomic E-state index is 12.0. The zero-order chi connectivity index (χ0) is 18.2. The topological polar surface area (TPSA) is 69.7 Å². The Morgan fingerprint density at radius 2 is 1.92 bits per heavy atom. The Kier molecular flexibility index (Phi) is 6.39. The van der Waals surface area contributed by atoms with Crippen LogP contribution in [0.5, 0.6) is 17.4 Å². The lowest BCUT2D eigenvalue weighted by Crippen LogP contribution is -2.08. The minimum atomic E-state index is -0.256. The number of pyridine rings is 1. The third kappa shape index (κ3) is 5.53. The molecule has 1 heterocycles. The van der Waals surface area contributed by atoms with Crippen molar-refractivity contribution in [3.63, 3.8) is 0 Å². The first-order valence-corrected chi connectivity index (χ1v) is 7.85. The SMILES string of the molecule is COc1ccc(NC(=O)/C=C/c2ccc(OC(C)C)c(OC)c2)cn1. The molecule has 0 spiro atoms. The Balaban J connectivity index is 2.03. The van der Waals surface area contributed by atoms with E-state index in [9.17, 15) is 4.79 Å². The van der Waals surface area contributed by atoms with Gasteiger partial charge in [0, 0.05) is 12.1 Å². The lowest BCUT2D eigenvalue weighted by Gasteiger charge is -2.13. The van der Waals surface area contributed by atoms with Crippen molar-refractivity contribution in [1.82, 2.24) is 4.98 Å². The summed E-state index contributed by atoms with van der Waals surface area (Å²) in [7, 11) is 3.12. The number of benzene rings is 1. The molecule has 0 bridgehead atoms. The van der Waals surface area contributed by atoms with E-state index in [4.69, 9.17) is 14.2 Å². The van der Waals surface area contributed by atoms with E-state index in [0.29, 0.717) is 23.1 Å². The minimum absolute atomic E-state index is 0.0548. The lowest BCUT2D eigenvalue weighted by molar-refractivity contribution is -0.111. The van der Waals surface area contributed by atoms with Crippen LogP contribution in [0.25, 0.3) is 6.08 Å². The second-order valence-electron chi connectivity index (χ2n) is 5.49. The van der Waals surface area contributed by atoms with E-state index in [1.54, 1.807) is 25.3 Å². The van der Waals surface area contributed by atoms with Gasteiger partial charge in [-0.3, -0.25) is 4.79 Å². The zero-order valence-electron chi connectivity index (χ0n) is 14.8. The summed E-state index contributed by atoms with van der Waals surface area (Å²) in [6.45, 7) is 3.90. The average molecular weight is 342 g/mol. The van der Waals surface area contributed by atoms with Crippen molar-refractivity contribution in [2.24, 2.45) is 0 Å². The Labute approximate surface area is 147 Å². The fourth-order valence-electron chi connectivity index (χ4n) is 2.07. The third-order valence-electron chi connectivity index (χ3n) is 3.19. The summed E-state index contributed by atoms with van der Waals surface area (Å²) in [5.41, 5.74) is 1.42. The van der Waals surface area contributed by atoms with E-state index in [0.717, 1.165) is 5.56 Å². The lowest BCUT2D eigenvalue weighted by atomic mass is 10.2. The first kappa shape index (κ1) is 18.3. The van der Waals surface area contributed by atoms with Gasteiger partial charge >= 0.3 is 0 Å². The molecule has 2 aromatic rings. The quantitative estimate of drug-likeness (QED) is 0.780. The van der Waals surface area contributed by atoms with Gasteiger partial charge in [-0.2, -0.15) is 0 Å². The Morgan fingerprint density at radius 3 is 2.52 bits per heavy atom. The van der Waals surface area contributed by atoms with Crippen LogP contribution in [0.3, 0.4) is 0 Å². The summed E-state index contributed by atoms with van der Waals surface area (Å²) < 4.78 is 16.0. The van der Waals surface area contributed by atoms with Gasteiger partial charge in [0.2, 0.25) is 11.8 Å². The molecule has 0 saturated heterocycles. The van der Waals surface area contributed by atoms with Gasteiger partial charge in [0.05, 0.1) is 32.2 Å². The molecular weight excluding hydrogens is 320 g/mol. The van der Waals surface area contributed by atoms with Gasteiger partial charge in [-0.15, -0.1) is 0 Å². The second-order valence-corrected chi connectivity index (χ2v) is 5.49. The van der Waals surface area contributed by atoms with Gasteiger partial charge in [-0.25, -0.2) is 4.98 Å². The predicted molar refractivity (Wildman–Crippen MR) is 97.2 cm³/mol. The predicted octanol–water partition coefficient (Wildman–Crippen LogP) is 3.54. The minimum Gasteiger partial charge on any atom is -0.493 e. The monoisotopic (exact) mass is 342 g/mol. The molecule has 1 aromatic heterocycles. The van der Waals surface area contributed by atoms with Crippen molar-refractivity contribution in [3.8, 4) is 17.4 Å². The zero-order valence-corrected chi connectivity index (χ0v) is 14.8. The van der Waals surface area contributed by atoms with E-state index < -0.39 is 0 Å². The number of nitrogens with zero attached hydrogens (tertiary/aromatic N) is 1. The highest BCUT2D eigenvalue weighted by atomic mass is 16.5. The van der Waals surface area contributed by atoms with E-state index in [2.05, 4.69) is 10.3 Å². The van der Waals surface area contributed by atoms with Crippen LogP contribution in [0.1, 0.15) is 19.4 Å². The summed E-state index contributed by atoms with van der Waals surface area (Å²) >= 11 is 0. The van der Waals surface area contributed by atoms with Gasteiger partial charge in [0.15, 0.2) is 11.5 Å². The van der Waals surface area contributed by atoms with Crippen molar-refractivity contribution in [3.05, 3.63) is 48.2 Å². The molecule has 1 N–H and O–H groups in total. The molecular formula is C19H22N2O4. The second kappa shape index (κ2) is 8.73. The molecule has 2 rings (SSSR count). The number of anilines is 1. The van der Waals surface area contributed by atoms with Crippen LogP contribution < -0.4 is 19.5 Å². The average Bonchev–Trinajstić information content (AvgIpc) is 2.61. The first-order chi connectivity index (χ1) is 12.0. The van der Waals surface area contributed by atoms with E-state index >= 15 is 0 Å². The fourth-order valence-corrected chi connectivity index (χ4v) is 2.07. The number of rotatable bonds is 7. The molecule has 0 radical (unpaired) electrons. The number of ether oxygens (including phenoxy) is 3. The molecule has 25 heavy (non-hydrogen) atoms. The van der Waals surface area contributed by atoms with Crippen molar-refractivity contribution >= 4 is 17.7 Å². The molecule has 6 nitrogen and oxygen atoms in total. The largest absolute Gasteiger partial charge is 0.493 e. The van der Waals surface area contributed by atoms with E-state index in [1.165, 1.54) is 19.4 Å². The van der Waals surface area contributed by atoms with Crippen LogP contribution in [0, 0.1) is 0 Å². The maximum absolute atomic E-state index is 12.0. The molecule has 0 fully saturated rings. The van der Waals surface area contributed by atoms with Crippen molar-refractivity contribution < 1.29 is 19.0 Å². The molecule has 0 atom stereocenters. The molecule has 0 unspecified atom stereocenters. The van der Waals surface area contributed by atoms with Crippen molar-refractivity contribution in [1.29, 1.82) is 0 Å². The molecule has 0 aliphatic heterocycles. The van der Waals surface area contributed by atoms with Gasteiger partial charge in [-0.1, -0.05) is 6.07 Å². The molecule has 0 aliphatic rings. The van der Waals surface area contributed by atoms with Crippen LogP contribution in [-0.2, 0) is 4.79 Å². The first-order valence-electron chi connectivity index (χ1n) is 7.85. The molecule has 6 heteroatoms. The van der Waals surface area contributed by atoms with Crippen molar-refractivity contribution in [2.45, 2.75) is 20.0 Å². The molecule has 0 saturated carbocycles. The third-order valence-corrected chi connectivity index (χ3v) is 3.19. The molecule has 1 aromatic carbocycles. The van der Waals surface area contributed by atoms with Crippen molar-refractivity contribution in [2.75, 3.05) is 19.5 Å². The number of methoxy groups -OCH3 is 2. The van der Waals surface area contributed by atoms with Gasteiger partial charge < -0.3 is 19.5 Å². The number of carbonyl (C=O) groups is 1. The summed E-state index contributed by atoms with van der Waals surface area (Å²) in [6, 6.07) is 8.90. The standard InChI is InChI=1S/C19H22N2O4/c1-13(2)25-16-8-5-14(11-17(16)23-3)6-9-18(22)21-15-7-10-19(24-4)20-12-15/h5-13H,1-4H3,(H,21,22)/b9-6+. The normalized spacial score (nSPS) is 10.8. The van der Waals surface area contributed by atoms with E-state index in [-0.39, 0.29) is 12.0 Å². The van der Waals surface area contributed by atoms with Crippen LogP contribution in [0.15, 0.2) is 42.6 Å². The van der Waals surface area contributed by atoms with Gasteiger partial charge in [0.1, 0.15) is 0 Å².